The number of benzene rings is 1. The van der Waals surface area contributed by atoms with Crippen molar-refractivity contribution in [1.82, 2.24) is 0 Å². The molecule has 0 bridgehead atoms. The molecule has 0 radical (unpaired) electrons. The summed E-state index contributed by atoms with van der Waals surface area (Å²) in [4.78, 5) is 0. The SMILES string of the molecule is CCC[Si]1([C]2([Zr+2][C]3=C(C)C(C)=C(C)C3(C)C)C=Cc3ccccc32)CCC1.[Cl-].[Cl-]. The first-order valence-electron chi connectivity index (χ1n) is 10.8. The van der Waals surface area contributed by atoms with E-state index >= 15 is 0 Å². The van der Waals surface area contributed by atoms with E-state index in [4.69, 9.17) is 0 Å². The zero-order chi connectivity index (χ0) is 19.4. The molecule has 156 valence electrons. The first-order chi connectivity index (χ1) is 12.8. The van der Waals surface area contributed by atoms with Crippen molar-refractivity contribution in [3.63, 3.8) is 0 Å². The first-order valence-corrected chi connectivity index (χ1v) is 15.8. The molecule has 29 heavy (non-hydrogen) atoms. The van der Waals surface area contributed by atoms with Gasteiger partial charge in [0.05, 0.1) is 0 Å². The van der Waals surface area contributed by atoms with Gasteiger partial charge in [-0.2, -0.15) is 0 Å². The second-order valence-electron chi connectivity index (χ2n) is 9.61. The molecule has 0 spiro atoms. The molecule has 1 fully saturated rings. The van der Waals surface area contributed by atoms with E-state index in [1.165, 1.54) is 24.4 Å². The smallest absolute Gasteiger partial charge is 1.00 e. The van der Waals surface area contributed by atoms with Crippen molar-refractivity contribution < 1.29 is 48.0 Å². The van der Waals surface area contributed by atoms with E-state index in [0.29, 0.717) is 2.75 Å². The second kappa shape index (κ2) is 8.93. The molecule has 2 aliphatic carbocycles. The molecule has 0 aromatic heterocycles. The molecule has 0 nitrogen and oxygen atoms in total. The molecule has 1 atom stereocenters. The summed E-state index contributed by atoms with van der Waals surface area (Å²) >= 11 is -0.816. The van der Waals surface area contributed by atoms with Crippen molar-refractivity contribution in [3.05, 3.63) is 61.5 Å². The normalized spacial score (nSPS) is 25.7. The molecular weight excluding hydrogens is 490 g/mol. The average Bonchev–Trinajstić information content (AvgIpc) is 3.06. The maximum atomic E-state index is 2.75. The number of allylic oxidation sites excluding steroid dienone is 5. The van der Waals surface area contributed by atoms with Crippen molar-refractivity contribution in [1.29, 1.82) is 0 Å². The number of hydrogen-bond donors (Lipinski definition) is 0. The van der Waals surface area contributed by atoms with Gasteiger partial charge in [0.15, 0.2) is 0 Å². The van der Waals surface area contributed by atoms with Crippen molar-refractivity contribution in [2.45, 2.75) is 75.3 Å². The topological polar surface area (TPSA) is 0 Å². The van der Waals surface area contributed by atoms with Gasteiger partial charge >= 0.3 is 180 Å². The Hall–Kier alpha value is 0.120. The standard InChI is InChI=1S/C15H19Si.C10H15.2ClH.Zr/c1-2-10-16(11-5-12-16)15-9-8-13-6-3-4-7-14(13)15;1-7-6-10(4,5)9(3)8(7)2;;;/h3-4,6-9H,2,5,10-12H2,1H3;1-5H3;2*1H;/q;;;;+2/p-2. The number of rotatable bonds is 5. The largest absolute Gasteiger partial charge is 1.00 e. The van der Waals surface area contributed by atoms with Crippen LogP contribution in [0.5, 0.6) is 0 Å². The van der Waals surface area contributed by atoms with Gasteiger partial charge in [-0.1, -0.05) is 0 Å². The van der Waals surface area contributed by atoms with E-state index in [0.717, 1.165) is 0 Å². The predicted molar refractivity (Wildman–Crippen MR) is 117 cm³/mol. The van der Waals surface area contributed by atoms with Crippen LogP contribution in [0.3, 0.4) is 0 Å². The minimum atomic E-state index is -1.28. The van der Waals surface area contributed by atoms with Gasteiger partial charge in [-0.15, -0.1) is 0 Å². The summed E-state index contributed by atoms with van der Waals surface area (Å²) in [7, 11) is -1.28. The molecule has 1 heterocycles. The fraction of sp³-hybridized carbons (Fsp3) is 0.520. The van der Waals surface area contributed by atoms with Crippen LogP contribution in [-0.2, 0) is 26.0 Å². The summed E-state index contributed by atoms with van der Waals surface area (Å²) in [5.74, 6) is 0. The van der Waals surface area contributed by atoms with Gasteiger partial charge in [0.1, 0.15) is 0 Å². The van der Waals surface area contributed by atoms with E-state index in [9.17, 15) is 0 Å². The maximum absolute atomic E-state index is 2.75. The molecule has 1 aromatic carbocycles. The minimum absolute atomic E-state index is 0. The number of halogens is 2. The molecular formula is C25H34Cl2SiZr. The van der Waals surface area contributed by atoms with Crippen LogP contribution in [0.4, 0.5) is 0 Å². The molecule has 1 aliphatic heterocycles. The summed E-state index contributed by atoms with van der Waals surface area (Å²) in [6.45, 7) is 14.6. The van der Waals surface area contributed by atoms with E-state index in [1.807, 2.05) is 3.28 Å². The summed E-state index contributed by atoms with van der Waals surface area (Å²) in [6.07, 6.45) is 8.12. The third-order valence-electron chi connectivity index (χ3n) is 8.16. The van der Waals surface area contributed by atoms with Crippen molar-refractivity contribution >= 4 is 14.1 Å². The summed E-state index contributed by atoms with van der Waals surface area (Å²) in [5, 5.41) is 0. The van der Waals surface area contributed by atoms with Gasteiger partial charge in [-0.05, 0) is 0 Å². The molecule has 4 rings (SSSR count). The van der Waals surface area contributed by atoms with Crippen LogP contribution in [0.15, 0.2) is 50.3 Å². The van der Waals surface area contributed by atoms with Gasteiger partial charge in [-0.25, -0.2) is 0 Å². The fourth-order valence-electron chi connectivity index (χ4n) is 5.97. The van der Waals surface area contributed by atoms with Crippen molar-refractivity contribution in [2.24, 2.45) is 5.41 Å². The monoisotopic (exact) mass is 522 g/mol. The Labute approximate surface area is 203 Å². The Balaban J connectivity index is 0.00000150. The molecule has 3 aliphatic rings. The van der Waals surface area contributed by atoms with Crippen LogP contribution < -0.4 is 24.8 Å². The third-order valence-corrected chi connectivity index (χ3v) is 24.1. The Bertz CT molecular complexity index is 877. The predicted octanol–water partition coefficient (Wildman–Crippen LogP) is 1.45. The van der Waals surface area contributed by atoms with E-state index in [1.54, 1.807) is 34.4 Å². The third kappa shape index (κ3) is 3.59. The van der Waals surface area contributed by atoms with Crippen LogP contribution in [0.25, 0.3) is 6.08 Å². The Morgan fingerprint density at radius 1 is 1.00 bits per heavy atom. The van der Waals surface area contributed by atoms with Crippen LogP contribution in [-0.4, -0.2) is 8.07 Å². The van der Waals surface area contributed by atoms with Gasteiger partial charge in [0.2, 0.25) is 0 Å². The molecule has 4 heteroatoms. The molecule has 0 saturated carbocycles. The fourth-order valence-corrected chi connectivity index (χ4v) is 21.2. The average molecular weight is 525 g/mol. The Kier molecular flexibility index (Phi) is 7.82. The zero-order valence-corrected chi connectivity index (χ0v) is 23.7. The molecule has 1 unspecified atom stereocenters. The van der Waals surface area contributed by atoms with Crippen LogP contribution in [0, 0.1) is 5.41 Å². The Morgan fingerprint density at radius 3 is 2.17 bits per heavy atom. The summed E-state index contributed by atoms with van der Waals surface area (Å²) in [5.41, 5.74) is 8.41. The van der Waals surface area contributed by atoms with Crippen LogP contribution in [0.1, 0.15) is 65.5 Å². The second-order valence-corrected chi connectivity index (χ2v) is 19.5. The van der Waals surface area contributed by atoms with Crippen molar-refractivity contribution in [2.75, 3.05) is 0 Å². The quantitative estimate of drug-likeness (QED) is 0.512. The zero-order valence-electron chi connectivity index (χ0n) is 18.8. The molecule has 0 N–H and O–H groups in total. The first kappa shape index (κ1) is 25.4. The van der Waals surface area contributed by atoms with Crippen molar-refractivity contribution in [3.8, 4) is 0 Å². The van der Waals surface area contributed by atoms with E-state index in [2.05, 4.69) is 78.0 Å². The summed E-state index contributed by atoms with van der Waals surface area (Å²) < 4.78 is 2.37. The molecule has 0 amide bonds. The van der Waals surface area contributed by atoms with Gasteiger partial charge in [-0.3, -0.25) is 0 Å². The van der Waals surface area contributed by atoms with E-state index < -0.39 is 31.3 Å². The minimum Gasteiger partial charge on any atom is -1.00 e. The number of hydrogen-bond acceptors (Lipinski definition) is 0. The maximum Gasteiger partial charge on any atom is -1.00 e. The molecule has 1 saturated heterocycles. The molecule has 1 aromatic rings. The van der Waals surface area contributed by atoms with Gasteiger partial charge < -0.3 is 24.8 Å². The van der Waals surface area contributed by atoms with Crippen LogP contribution in [0.2, 0.25) is 18.1 Å². The number of fused-ring (bicyclic) bond motifs is 1. The Morgan fingerprint density at radius 2 is 1.66 bits per heavy atom. The van der Waals surface area contributed by atoms with Crippen LogP contribution >= 0.6 is 0 Å². The summed E-state index contributed by atoms with van der Waals surface area (Å²) in [6, 6.07) is 14.1. The van der Waals surface area contributed by atoms with E-state index in [-0.39, 0.29) is 30.2 Å². The van der Waals surface area contributed by atoms with Gasteiger partial charge in [0, 0.05) is 0 Å². The van der Waals surface area contributed by atoms with Gasteiger partial charge in [0.25, 0.3) is 0 Å².